The average Bonchev–Trinajstić information content (AvgIpc) is 1.98. The van der Waals surface area contributed by atoms with Crippen LogP contribution in [0.25, 0.3) is 0 Å². The van der Waals surface area contributed by atoms with Crippen molar-refractivity contribution in [2.45, 2.75) is 39.9 Å². The van der Waals surface area contributed by atoms with Crippen molar-refractivity contribution in [1.82, 2.24) is 0 Å². The SMILES string of the molecule is C=CCOB(OC(C)C)OC(C)C. The average molecular weight is 186 g/mol. The Kier molecular flexibility index (Phi) is 6.95. The minimum absolute atomic E-state index is 0.0913. The number of rotatable bonds is 7. The van der Waals surface area contributed by atoms with Crippen LogP contribution in [0.1, 0.15) is 27.7 Å². The first-order valence-corrected chi connectivity index (χ1v) is 4.59. The third kappa shape index (κ3) is 8.03. The van der Waals surface area contributed by atoms with Crippen LogP contribution in [0.15, 0.2) is 12.7 Å². The molecule has 0 rings (SSSR count). The summed E-state index contributed by atoms with van der Waals surface area (Å²) in [6.07, 6.45) is 1.85. The van der Waals surface area contributed by atoms with Crippen LogP contribution in [0.3, 0.4) is 0 Å². The summed E-state index contributed by atoms with van der Waals surface area (Å²) < 4.78 is 16.0. The minimum atomic E-state index is -0.585. The van der Waals surface area contributed by atoms with Gasteiger partial charge in [0.25, 0.3) is 0 Å². The Bertz CT molecular complexity index is 127. The molecule has 76 valence electrons. The molecule has 0 aliphatic heterocycles. The summed E-state index contributed by atoms with van der Waals surface area (Å²) in [5, 5.41) is 0. The van der Waals surface area contributed by atoms with Crippen molar-refractivity contribution in [3.05, 3.63) is 12.7 Å². The van der Waals surface area contributed by atoms with Gasteiger partial charge in [0.2, 0.25) is 0 Å². The van der Waals surface area contributed by atoms with Crippen LogP contribution in [0.2, 0.25) is 0 Å². The van der Waals surface area contributed by atoms with Gasteiger partial charge in [0.1, 0.15) is 0 Å². The van der Waals surface area contributed by atoms with E-state index in [1.165, 1.54) is 0 Å². The molecule has 0 aromatic rings. The summed E-state index contributed by atoms with van der Waals surface area (Å²) in [6, 6.07) is 0. The molecular formula is C9H19BO3. The highest BCUT2D eigenvalue weighted by molar-refractivity contribution is 6.36. The van der Waals surface area contributed by atoms with Crippen LogP contribution in [0.5, 0.6) is 0 Å². The van der Waals surface area contributed by atoms with Crippen molar-refractivity contribution >= 4 is 7.32 Å². The third-order valence-electron chi connectivity index (χ3n) is 1.12. The van der Waals surface area contributed by atoms with Crippen LogP contribution in [0.4, 0.5) is 0 Å². The maximum Gasteiger partial charge on any atom is 0.640 e. The maximum atomic E-state index is 5.37. The zero-order valence-corrected chi connectivity index (χ0v) is 8.95. The molecule has 4 heteroatoms. The highest BCUT2D eigenvalue weighted by atomic mass is 16.7. The van der Waals surface area contributed by atoms with Crippen molar-refractivity contribution in [1.29, 1.82) is 0 Å². The monoisotopic (exact) mass is 186 g/mol. The standard InChI is InChI=1S/C9H19BO3/c1-6-7-11-10(12-8(2)3)13-9(4)5/h6,8-9H,1,7H2,2-5H3. The van der Waals surface area contributed by atoms with Crippen molar-refractivity contribution in [2.75, 3.05) is 6.61 Å². The van der Waals surface area contributed by atoms with E-state index in [2.05, 4.69) is 6.58 Å². The third-order valence-corrected chi connectivity index (χ3v) is 1.12. The van der Waals surface area contributed by atoms with E-state index in [9.17, 15) is 0 Å². The van der Waals surface area contributed by atoms with Gasteiger partial charge in [0.05, 0.1) is 6.61 Å². The lowest BCUT2D eigenvalue weighted by atomic mass is 10.2. The molecule has 13 heavy (non-hydrogen) atoms. The van der Waals surface area contributed by atoms with E-state index in [0.717, 1.165) is 0 Å². The molecule has 0 bridgehead atoms. The van der Waals surface area contributed by atoms with Gasteiger partial charge >= 0.3 is 7.32 Å². The summed E-state index contributed by atoms with van der Waals surface area (Å²) in [7, 11) is -0.585. The molecule has 0 radical (unpaired) electrons. The van der Waals surface area contributed by atoms with Gasteiger partial charge < -0.3 is 14.0 Å². The second kappa shape index (κ2) is 7.12. The summed E-state index contributed by atoms with van der Waals surface area (Å²) in [6.45, 7) is 11.7. The fraction of sp³-hybridized carbons (Fsp3) is 0.778. The lowest BCUT2D eigenvalue weighted by molar-refractivity contribution is 0.0568. The lowest BCUT2D eigenvalue weighted by Crippen LogP contribution is -2.32. The van der Waals surface area contributed by atoms with Crippen LogP contribution in [-0.4, -0.2) is 26.1 Å². The van der Waals surface area contributed by atoms with Gasteiger partial charge in [-0.05, 0) is 27.7 Å². The number of hydrogen-bond acceptors (Lipinski definition) is 3. The Balaban J connectivity index is 3.79. The predicted octanol–water partition coefficient (Wildman–Crippen LogP) is 2.02. The second-order valence-electron chi connectivity index (χ2n) is 3.28. The molecule has 0 fully saturated rings. The van der Waals surface area contributed by atoms with E-state index >= 15 is 0 Å². The molecule has 3 nitrogen and oxygen atoms in total. The Hall–Kier alpha value is -0.315. The Morgan fingerprint density at radius 1 is 1.15 bits per heavy atom. The van der Waals surface area contributed by atoms with Gasteiger partial charge in [-0.1, -0.05) is 6.08 Å². The van der Waals surface area contributed by atoms with Crippen molar-refractivity contribution < 1.29 is 14.0 Å². The van der Waals surface area contributed by atoms with Crippen molar-refractivity contribution in [3.8, 4) is 0 Å². The molecule has 0 aromatic carbocycles. The van der Waals surface area contributed by atoms with E-state index in [1.54, 1.807) is 6.08 Å². The number of hydrogen-bond donors (Lipinski definition) is 0. The molecule has 0 N–H and O–H groups in total. The second-order valence-corrected chi connectivity index (χ2v) is 3.28. The topological polar surface area (TPSA) is 27.7 Å². The fourth-order valence-corrected chi connectivity index (χ4v) is 0.702. The zero-order chi connectivity index (χ0) is 10.3. The van der Waals surface area contributed by atoms with Crippen molar-refractivity contribution in [2.24, 2.45) is 0 Å². The molecule has 0 atom stereocenters. The van der Waals surface area contributed by atoms with E-state index in [0.29, 0.717) is 6.61 Å². The van der Waals surface area contributed by atoms with Crippen molar-refractivity contribution in [3.63, 3.8) is 0 Å². The van der Waals surface area contributed by atoms with Gasteiger partial charge in [-0.2, -0.15) is 0 Å². The predicted molar refractivity (Wildman–Crippen MR) is 54.3 cm³/mol. The molecular weight excluding hydrogens is 167 g/mol. The van der Waals surface area contributed by atoms with Gasteiger partial charge in [-0.3, -0.25) is 0 Å². The van der Waals surface area contributed by atoms with Crippen LogP contribution in [0, 0.1) is 0 Å². The fourth-order valence-electron chi connectivity index (χ4n) is 0.702. The van der Waals surface area contributed by atoms with Gasteiger partial charge in [0, 0.05) is 12.2 Å². The van der Waals surface area contributed by atoms with Gasteiger partial charge in [-0.25, -0.2) is 0 Å². The lowest BCUT2D eigenvalue weighted by Gasteiger charge is -2.17. The van der Waals surface area contributed by atoms with E-state index in [-0.39, 0.29) is 12.2 Å². The summed E-state index contributed by atoms with van der Waals surface area (Å²) in [4.78, 5) is 0. The Morgan fingerprint density at radius 3 is 1.92 bits per heavy atom. The largest absolute Gasteiger partial charge is 0.640 e. The highest BCUT2D eigenvalue weighted by Crippen LogP contribution is 2.01. The van der Waals surface area contributed by atoms with Crippen LogP contribution in [-0.2, 0) is 14.0 Å². The minimum Gasteiger partial charge on any atom is -0.384 e. The first-order valence-electron chi connectivity index (χ1n) is 4.59. The van der Waals surface area contributed by atoms with Gasteiger partial charge in [0.15, 0.2) is 0 Å². The molecule has 0 aliphatic carbocycles. The summed E-state index contributed by atoms with van der Waals surface area (Å²) in [5.41, 5.74) is 0. The van der Waals surface area contributed by atoms with Crippen LogP contribution >= 0.6 is 0 Å². The summed E-state index contributed by atoms with van der Waals surface area (Å²) >= 11 is 0. The smallest absolute Gasteiger partial charge is 0.384 e. The van der Waals surface area contributed by atoms with E-state index in [1.807, 2.05) is 27.7 Å². The Morgan fingerprint density at radius 2 is 1.62 bits per heavy atom. The molecule has 0 unspecified atom stereocenters. The maximum absolute atomic E-state index is 5.37. The first-order chi connectivity index (χ1) is 6.06. The summed E-state index contributed by atoms with van der Waals surface area (Å²) in [5.74, 6) is 0. The molecule has 0 amide bonds. The molecule has 0 heterocycles. The normalized spacial score (nSPS) is 10.9. The molecule has 0 saturated heterocycles. The van der Waals surface area contributed by atoms with E-state index in [4.69, 9.17) is 14.0 Å². The highest BCUT2D eigenvalue weighted by Gasteiger charge is 2.23. The van der Waals surface area contributed by atoms with Gasteiger partial charge in [-0.15, -0.1) is 6.58 Å². The van der Waals surface area contributed by atoms with Crippen LogP contribution < -0.4 is 0 Å². The Labute approximate surface area is 81.2 Å². The van der Waals surface area contributed by atoms with E-state index < -0.39 is 7.32 Å². The molecule has 0 aliphatic rings. The molecule has 0 spiro atoms. The molecule has 0 aromatic heterocycles. The quantitative estimate of drug-likeness (QED) is 0.449. The molecule has 0 saturated carbocycles. The first kappa shape index (κ1) is 12.7. The zero-order valence-electron chi connectivity index (χ0n) is 8.95.